The van der Waals surface area contributed by atoms with E-state index in [0.29, 0.717) is 0 Å². The first kappa shape index (κ1) is 13.8. The van der Waals surface area contributed by atoms with Crippen LogP contribution in [0, 0.1) is 0 Å². The summed E-state index contributed by atoms with van der Waals surface area (Å²) in [5.41, 5.74) is 0. The van der Waals surface area contributed by atoms with Gasteiger partial charge in [0.25, 0.3) is 5.91 Å². The van der Waals surface area contributed by atoms with Crippen LogP contribution in [-0.4, -0.2) is 68.9 Å². The van der Waals surface area contributed by atoms with E-state index in [1.54, 1.807) is 5.32 Å². The molecule has 0 aromatic rings. The minimum absolute atomic E-state index is 0.842. The molecule has 0 radical (unpaired) electrons. The molecule has 0 bridgehead atoms. The van der Waals surface area contributed by atoms with E-state index in [0.717, 1.165) is 0 Å². The fourth-order valence-electron chi connectivity index (χ4n) is 0.717. The van der Waals surface area contributed by atoms with Crippen LogP contribution < -0.4 is 5.32 Å². The maximum atomic E-state index is 11.0. The maximum Gasteiger partial charge on any atom is 0.328 e. The van der Waals surface area contributed by atoms with E-state index in [9.17, 15) is 9.59 Å². The summed E-state index contributed by atoms with van der Waals surface area (Å²) in [4.78, 5) is 21.4. The Labute approximate surface area is 84.8 Å². The third kappa shape index (κ3) is 4.21. The van der Waals surface area contributed by atoms with Gasteiger partial charge in [-0.15, -0.1) is 0 Å². The summed E-state index contributed by atoms with van der Waals surface area (Å²) >= 11 is 0. The molecule has 8 nitrogen and oxygen atoms in total. The third-order valence-electron chi connectivity index (χ3n) is 1.62. The van der Waals surface area contributed by atoms with Gasteiger partial charge in [-0.05, 0) is 0 Å². The number of aliphatic hydroxyl groups excluding tert-OH is 4. The van der Waals surface area contributed by atoms with Crippen molar-refractivity contribution in [3.05, 3.63) is 0 Å². The first-order valence-electron chi connectivity index (χ1n) is 4.05. The molecule has 88 valence electrons. The number of aliphatic carboxylic acids is 1. The standard InChI is InChI=1S/C7H13NO7/c9-1-3(7(14)15)8-6(13)5(12)4(11)2-10/h3-5,9-12H,1-2H2,(H,8,13)(H,14,15)/t3-,4-,5+/m0/s1. The Balaban J connectivity index is 4.28. The van der Waals surface area contributed by atoms with Crippen molar-refractivity contribution in [3.63, 3.8) is 0 Å². The number of hydrogen-bond donors (Lipinski definition) is 6. The Kier molecular flexibility index (Phi) is 5.79. The van der Waals surface area contributed by atoms with Crippen LogP contribution in [0.5, 0.6) is 0 Å². The summed E-state index contributed by atoms with van der Waals surface area (Å²) in [5, 5.41) is 45.0. The molecule has 0 aromatic carbocycles. The number of hydrogen-bond acceptors (Lipinski definition) is 6. The monoisotopic (exact) mass is 223 g/mol. The van der Waals surface area contributed by atoms with Crippen molar-refractivity contribution >= 4 is 11.9 Å². The first-order chi connectivity index (χ1) is 6.93. The Morgan fingerprint density at radius 2 is 1.67 bits per heavy atom. The molecule has 0 spiro atoms. The first-order valence-corrected chi connectivity index (χ1v) is 4.05. The molecule has 0 heterocycles. The molecule has 0 aliphatic rings. The van der Waals surface area contributed by atoms with E-state index >= 15 is 0 Å². The molecule has 0 saturated carbocycles. The molecule has 15 heavy (non-hydrogen) atoms. The Bertz CT molecular complexity index is 231. The van der Waals surface area contributed by atoms with E-state index in [-0.39, 0.29) is 0 Å². The van der Waals surface area contributed by atoms with Crippen molar-refractivity contribution in [2.24, 2.45) is 0 Å². The molecule has 0 aliphatic heterocycles. The van der Waals surface area contributed by atoms with Gasteiger partial charge in [0.2, 0.25) is 0 Å². The highest BCUT2D eigenvalue weighted by atomic mass is 16.4. The molecule has 1 amide bonds. The van der Waals surface area contributed by atoms with Crippen LogP contribution in [0.3, 0.4) is 0 Å². The van der Waals surface area contributed by atoms with Gasteiger partial charge >= 0.3 is 5.97 Å². The topological polar surface area (TPSA) is 147 Å². The highest BCUT2D eigenvalue weighted by Gasteiger charge is 2.27. The zero-order valence-corrected chi connectivity index (χ0v) is 7.70. The molecule has 8 heteroatoms. The average molecular weight is 223 g/mol. The van der Waals surface area contributed by atoms with Crippen LogP contribution in [0.25, 0.3) is 0 Å². The van der Waals surface area contributed by atoms with Crippen molar-refractivity contribution in [2.75, 3.05) is 13.2 Å². The van der Waals surface area contributed by atoms with Crippen LogP contribution in [-0.2, 0) is 9.59 Å². The number of amides is 1. The van der Waals surface area contributed by atoms with Gasteiger partial charge in [-0.1, -0.05) is 0 Å². The van der Waals surface area contributed by atoms with Crippen molar-refractivity contribution < 1.29 is 35.1 Å². The Morgan fingerprint density at radius 3 is 2.00 bits per heavy atom. The smallest absolute Gasteiger partial charge is 0.328 e. The van der Waals surface area contributed by atoms with E-state index in [1.165, 1.54) is 0 Å². The van der Waals surface area contributed by atoms with Gasteiger partial charge in [-0.3, -0.25) is 4.79 Å². The van der Waals surface area contributed by atoms with Crippen LogP contribution in [0.1, 0.15) is 0 Å². The third-order valence-corrected chi connectivity index (χ3v) is 1.62. The highest BCUT2D eigenvalue weighted by Crippen LogP contribution is 1.94. The summed E-state index contributed by atoms with van der Waals surface area (Å²) in [7, 11) is 0. The number of carbonyl (C=O) groups excluding carboxylic acids is 1. The van der Waals surface area contributed by atoms with Gasteiger partial charge < -0.3 is 30.8 Å². The van der Waals surface area contributed by atoms with E-state index in [1.807, 2.05) is 0 Å². The molecule has 0 saturated heterocycles. The summed E-state index contributed by atoms with van der Waals surface area (Å²) < 4.78 is 0. The quantitative estimate of drug-likeness (QED) is 0.271. The second-order valence-corrected chi connectivity index (χ2v) is 2.78. The zero-order chi connectivity index (χ0) is 12.0. The molecule has 0 fully saturated rings. The highest BCUT2D eigenvalue weighted by molar-refractivity contribution is 5.86. The minimum atomic E-state index is -1.94. The van der Waals surface area contributed by atoms with Gasteiger partial charge in [-0.2, -0.15) is 0 Å². The van der Waals surface area contributed by atoms with Gasteiger partial charge in [0.15, 0.2) is 6.10 Å². The largest absolute Gasteiger partial charge is 0.480 e. The normalized spacial score (nSPS) is 16.5. The molecule has 6 N–H and O–H groups in total. The number of rotatable bonds is 6. The van der Waals surface area contributed by atoms with E-state index in [4.69, 9.17) is 25.5 Å². The molecule has 0 aliphatic carbocycles. The van der Waals surface area contributed by atoms with Crippen molar-refractivity contribution in [2.45, 2.75) is 18.2 Å². The molecule has 0 unspecified atom stereocenters. The molecular weight excluding hydrogens is 210 g/mol. The Morgan fingerprint density at radius 1 is 1.13 bits per heavy atom. The second kappa shape index (κ2) is 6.30. The van der Waals surface area contributed by atoms with E-state index in [2.05, 4.69) is 0 Å². The van der Waals surface area contributed by atoms with Crippen LogP contribution in [0.4, 0.5) is 0 Å². The lowest BCUT2D eigenvalue weighted by Crippen LogP contribution is -2.51. The number of nitrogens with one attached hydrogen (secondary N) is 1. The summed E-state index contributed by atoms with van der Waals surface area (Å²) in [5.74, 6) is -2.66. The minimum Gasteiger partial charge on any atom is -0.480 e. The van der Waals surface area contributed by atoms with Crippen molar-refractivity contribution in [1.29, 1.82) is 0 Å². The second-order valence-electron chi connectivity index (χ2n) is 2.78. The SMILES string of the molecule is O=C(O)[C@H](CO)NC(=O)[C@H](O)[C@@H](O)CO. The van der Waals surface area contributed by atoms with Gasteiger partial charge in [0.05, 0.1) is 13.2 Å². The lowest BCUT2D eigenvalue weighted by Gasteiger charge is -2.17. The molecule has 0 aromatic heterocycles. The summed E-state index contributed by atoms with van der Waals surface area (Å²) in [6.07, 6.45) is -3.64. The fourth-order valence-corrected chi connectivity index (χ4v) is 0.717. The summed E-state index contributed by atoms with van der Waals surface area (Å²) in [6, 6.07) is -1.56. The zero-order valence-electron chi connectivity index (χ0n) is 7.70. The maximum absolute atomic E-state index is 11.0. The van der Waals surface area contributed by atoms with Crippen molar-refractivity contribution in [3.8, 4) is 0 Å². The number of carbonyl (C=O) groups is 2. The predicted octanol–water partition coefficient (Wildman–Crippen LogP) is -3.74. The lowest BCUT2D eigenvalue weighted by atomic mass is 10.2. The summed E-state index contributed by atoms with van der Waals surface area (Å²) in [6.45, 7) is -1.69. The van der Waals surface area contributed by atoms with Gasteiger partial charge in [0, 0.05) is 0 Å². The molecular formula is C7H13NO7. The van der Waals surface area contributed by atoms with Crippen LogP contribution in [0.15, 0.2) is 0 Å². The Hall–Kier alpha value is -1.22. The fraction of sp³-hybridized carbons (Fsp3) is 0.714. The van der Waals surface area contributed by atoms with E-state index < -0.39 is 43.3 Å². The van der Waals surface area contributed by atoms with Gasteiger partial charge in [-0.25, -0.2) is 4.79 Å². The van der Waals surface area contributed by atoms with Crippen LogP contribution in [0.2, 0.25) is 0 Å². The number of carboxylic acid groups (broad SMARTS) is 1. The molecule has 0 rings (SSSR count). The number of carboxylic acids is 1. The number of aliphatic hydroxyl groups is 4. The predicted molar refractivity (Wildman–Crippen MR) is 45.8 cm³/mol. The van der Waals surface area contributed by atoms with Crippen molar-refractivity contribution in [1.82, 2.24) is 5.32 Å². The van der Waals surface area contributed by atoms with Crippen LogP contribution >= 0.6 is 0 Å². The van der Waals surface area contributed by atoms with Gasteiger partial charge in [0.1, 0.15) is 12.1 Å². The average Bonchev–Trinajstić information content (AvgIpc) is 2.22. The lowest BCUT2D eigenvalue weighted by molar-refractivity contribution is -0.147. The molecule has 3 atom stereocenters.